The standard InChI is InChI=1S/C11H15ClN2O/c12-9-1-3-10(4-2-9)14(6-5-13)11-7-15-8-11/h1-4,11H,5-8,13H2. The summed E-state index contributed by atoms with van der Waals surface area (Å²) in [6, 6.07) is 8.32. The Morgan fingerprint density at radius 2 is 2.00 bits per heavy atom. The Labute approximate surface area is 94.8 Å². The van der Waals surface area contributed by atoms with Gasteiger partial charge in [0.15, 0.2) is 0 Å². The summed E-state index contributed by atoms with van der Waals surface area (Å²) in [5.74, 6) is 0. The van der Waals surface area contributed by atoms with Crippen molar-refractivity contribution in [3.63, 3.8) is 0 Å². The van der Waals surface area contributed by atoms with Crippen LogP contribution in [0, 0.1) is 0 Å². The van der Waals surface area contributed by atoms with Gasteiger partial charge < -0.3 is 15.4 Å². The summed E-state index contributed by atoms with van der Waals surface area (Å²) >= 11 is 5.85. The second kappa shape index (κ2) is 4.84. The third kappa shape index (κ3) is 2.43. The average molecular weight is 227 g/mol. The molecule has 2 N–H and O–H groups in total. The molecule has 0 unspecified atom stereocenters. The molecule has 0 radical (unpaired) electrons. The molecule has 0 spiro atoms. The molecule has 15 heavy (non-hydrogen) atoms. The monoisotopic (exact) mass is 226 g/mol. The van der Waals surface area contributed by atoms with Crippen LogP contribution in [-0.4, -0.2) is 32.3 Å². The maximum Gasteiger partial charge on any atom is 0.0757 e. The topological polar surface area (TPSA) is 38.5 Å². The lowest BCUT2D eigenvalue weighted by Gasteiger charge is -2.38. The van der Waals surface area contributed by atoms with E-state index in [1.807, 2.05) is 24.3 Å². The number of hydrogen-bond donors (Lipinski definition) is 1. The van der Waals surface area contributed by atoms with E-state index in [4.69, 9.17) is 22.1 Å². The number of benzene rings is 1. The third-order valence-corrected chi connectivity index (χ3v) is 2.84. The number of nitrogens with zero attached hydrogens (tertiary/aromatic N) is 1. The zero-order valence-corrected chi connectivity index (χ0v) is 9.28. The lowest BCUT2D eigenvalue weighted by molar-refractivity contribution is 0.00831. The molecule has 0 aromatic heterocycles. The fourth-order valence-corrected chi connectivity index (χ4v) is 1.82. The molecular formula is C11H15ClN2O. The van der Waals surface area contributed by atoms with Crippen molar-refractivity contribution in [3.8, 4) is 0 Å². The Balaban J connectivity index is 2.12. The van der Waals surface area contributed by atoms with Gasteiger partial charge in [0, 0.05) is 23.8 Å². The fourth-order valence-electron chi connectivity index (χ4n) is 1.70. The smallest absolute Gasteiger partial charge is 0.0757 e. The zero-order chi connectivity index (χ0) is 10.7. The van der Waals surface area contributed by atoms with Gasteiger partial charge in [0.25, 0.3) is 0 Å². The molecule has 3 nitrogen and oxygen atoms in total. The second-order valence-electron chi connectivity index (χ2n) is 3.65. The molecule has 1 aliphatic rings. The predicted molar refractivity (Wildman–Crippen MR) is 62.5 cm³/mol. The summed E-state index contributed by atoms with van der Waals surface area (Å²) in [5.41, 5.74) is 6.77. The first-order valence-electron chi connectivity index (χ1n) is 5.11. The van der Waals surface area contributed by atoms with E-state index in [-0.39, 0.29) is 0 Å². The van der Waals surface area contributed by atoms with Crippen molar-refractivity contribution in [3.05, 3.63) is 29.3 Å². The highest BCUT2D eigenvalue weighted by molar-refractivity contribution is 6.30. The van der Waals surface area contributed by atoms with E-state index in [2.05, 4.69) is 4.90 Å². The first kappa shape index (κ1) is 10.7. The van der Waals surface area contributed by atoms with Crippen molar-refractivity contribution in [2.24, 2.45) is 5.73 Å². The van der Waals surface area contributed by atoms with E-state index >= 15 is 0 Å². The summed E-state index contributed by atoms with van der Waals surface area (Å²) in [5, 5.41) is 0.760. The molecule has 0 aliphatic carbocycles. The molecule has 1 aromatic rings. The molecule has 1 fully saturated rings. The summed E-state index contributed by atoms with van der Waals surface area (Å²) in [6.45, 7) is 3.10. The van der Waals surface area contributed by atoms with Crippen molar-refractivity contribution >= 4 is 17.3 Å². The van der Waals surface area contributed by atoms with Gasteiger partial charge in [-0.3, -0.25) is 0 Å². The summed E-state index contributed by atoms with van der Waals surface area (Å²) in [6.07, 6.45) is 0. The van der Waals surface area contributed by atoms with Gasteiger partial charge in [-0.05, 0) is 24.3 Å². The largest absolute Gasteiger partial charge is 0.377 e. The van der Waals surface area contributed by atoms with E-state index in [0.29, 0.717) is 12.6 Å². The van der Waals surface area contributed by atoms with Crippen LogP contribution in [0.1, 0.15) is 0 Å². The predicted octanol–water partition coefficient (Wildman–Crippen LogP) is 1.50. The molecule has 1 aromatic carbocycles. The van der Waals surface area contributed by atoms with Crippen LogP contribution in [0.15, 0.2) is 24.3 Å². The van der Waals surface area contributed by atoms with Crippen LogP contribution in [0.3, 0.4) is 0 Å². The molecule has 0 bridgehead atoms. The van der Waals surface area contributed by atoms with Gasteiger partial charge in [-0.2, -0.15) is 0 Å². The first-order valence-corrected chi connectivity index (χ1v) is 5.49. The average Bonchev–Trinajstić information content (AvgIpc) is 2.16. The maximum atomic E-state index is 5.85. The Kier molecular flexibility index (Phi) is 3.46. The van der Waals surface area contributed by atoms with Crippen LogP contribution in [0.5, 0.6) is 0 Å². The highest BCUT2D eigenvalue weighted by Gasteiger charge is 2.25. The van der Waals surface area contributed by atoms with Crippen LogP contribution < -0.4 is 10.6 Å². The molecule has 1 saturated heterocycles. The van der Waals surface area contributed by atoms with Crippen LogP contribution in [0.4, 0.5) is 5.69 Å². The minimum atomic E-state index is 0.467. The van der Waals surface area contributed by atoms with Crippen molar-refractivity contribution in [2.45, 2.75) is 6.04 Å². The normalized spacial score (nSPS) is 16.1. The summed E-state index contributed by atoms with van der Waals surface area (Å²) < 4.78 is 5.20. The summed E-state index contributed by atoms with van der Waals surface area (Å²) in [7, 11) is 0. The second-order valence-corrected chi connectivity index (χ2v) is 4.09. The summed E-state index contributed by atoms with van der Waals surface area (Å²) in [4.78, 5) is 2.28. The SMILES string of the molecule is NCCN(c1ccc(Cl)cc1)C1COC1. The van der Waals surface area contributed by atoms with Crippen molar-refractivity contribution < 1.29 is 4.74 Å². The quantitative estimate of drug-likeness (QED) is 0.846. The number of hydrogen-bond acceptors (Lipinski definition) is 3. The van der Waals surface area contributed by atoms with E-state index < -0.39 is 0 Å². The van der Waals surface area contributed by atoms with Crippen LogP contribution in [0.25, 0.3) is 0 Å². The van der Waals surface area contributed by atoms with Crippen molar-refractivity contribution in [2.75, 3.05) is 31.2 Å². The lowest BCUT2D eigenvalue weighted by atomic mass is 10.1. The van der Waals surface area contributed by atoms with E-state index in [1.165, 1.54) is 0 Å². The number of ether oxygens (including phenoxy) is 1. The van der Waals surface area contributed by atoms with Gasteiger partial charge in [-0.25, -0.2) is 0 Å². The van der Waals surface area contributed by atoms with Crippen LogP contribution >= 0.6 is 11.6 Å². The lowest BCUT2D eigenvalue weighted by Crippen LogP contribution is -2.50. The van der Waals surface area contributed by atoms with Crippen molar-refractivity contribution in [1.29, 1.82) is 0 Å². The molecular weight excluding hydrogens is 212 g/mol. The minimum Gasteiger partial charge on any atom is -0.377 e. The molecule has 2 rings (SSSR count). The Bertz CT molecular complexity index is 311. The molecule has 82 valence electrons. The number of nitrogens with two attached hydrogens (primary N) is 1. The maximum absolute atomic E-state index is 5.85. The number of rotatable bonds is 4. The van der Waals surface area contributed by atoms with Gasteiger partial charge in [-0.15, -0.1) is 0 Å². The van der Waals surface area contributed by atoms with E-state index in [1.54, 1.807) is 0 Å². The van der Waals surface area contributed by atoms with Gasteiger partial charge in [0.2, 0.25) is 0 Å². The first-order chi connectivity index (χ1) is 7.31. The van der Waals surface area contributed by atoms with Crippen LogP contribution in [0.2, 0.25) is 5.02 Å². The molecule has 0 amide bonds. The third-order valence-electron chi connectivity index (χ3n) is 2.59. The molecule has 0 saturated carbocycles. The minimum absolute atomic E-state index is 0.467. The van der Waals surface area contributed by atoms with E-state index in [0.717, 1.165) is 30.5 Å². The number of anilines is 1. The van der Waals surface area contributed by atoms with Crippen molar-refractivity contribution in [1.82, 2.24) is 0 Å². The zero-order valence-electron chi connectivity index (χ0n) is 8.53. The number of halogens is 1. The highest BCUT2D eigenvalue weighted by atomic mass is 35.5. The molecule has 1 aliphatic heterocycles. The highest BCUT2D eigenvalue weighted by Crippen LogP contribution is 2.22. The van der Waals surface area contributed by atoms with Gasteiger partial charge >= 0.3 is 0 Å². The molecule has 4 heteroatoms. The fraction of sp³-hybridized carbons (Fsp3) is 0.455. The Hall–Kier alpha value is -0.770. The van der Waals surface area contributed by atoms with E-state index in [9.17, 15) is 0 Å². The molecule has 0 atom stereocenters. The Morgan fingerprint density at radius 3 is 2.47 bits per heavy atom. The van der Waals surface area contributed by atoms with Gasteiger partial charge in [0.05, 0.1) is 19.3 Å². The molecule has 1 heterocycles. The van der Waals surface area contributed by atoms with Gasteiger partial charge in [-0.1, -0.05) is 11.6 Å². The Morgan fingerprint density at radius 1 is 1.33 bits per heavy atom. The van der Waals surface area contributed by atoms with Gasteiger partial charge in [0.1, 0.15) is 0 Å². The van der Waals surface area contributed by atoms with Crippen LogP contribution in [-0.2, 0) is 4.74 Å².